The third-order valence-electron chi connectivity index (χ3n) is 7.96. The van der Waals surface area contributed by atoms with Crippen molar-refractivity contribution in [1.82, 2.24) is 0 Å². The van der Waals surface area contributed by atoms with Crippen molar-refractivity contribution in [2.45, 2.75) is 103 Å². The number of fused-ring (bicyclic) bond motifs is 1. The van der Waals surface area contributed by atoms with Gasteiger partial charge in [-0.15, -0.1) is 0 Å². The Morgan fingerprint density at radius 1 is 1.27 bits per heavy atom. The molecule has 0 bridgehead atoms. The smallest absolute Gasteiger partial charge is 0.0811 e. The van der Waals surface area contributed by atoms with E-state index in [4.69, 9.17) is 4.74 Å². The Labute approximate surface area is 182 Å². The van der Waals surface area contributed by atoms with Gasteiger partial charge >= 0.3 is 0 Å². The van der Waals surface area contributed by atoms with Gasteiger partial charge in [0.25, 0.3) is 0 Å². The van der Waals surface area contributed by atoms with Crippen molar-refractivity contribution in [3.05, 3.63) is 35.5 Å². The molecule has 0 saturated heterocycles. The van der Waals surface area contributed by atoms with Crippen molar-refractivity contribution in [3.8, 4) is 0 Å². The first-order valence-electron chi connectivity index (χ1n) is 11.8. The minimum atomic E-state index is -0.680. The fourth-order valence-electron chi connectivity index (χ4n) is 6.13. The van der Waals surface area contributed by atoms with Gasteiger partial charge in [0.15, 0.2) is 0 Å². The molecule has 0 aliphatic heterocycles. The van der Waals surface area contributed by atoms with Crippen LogP contribution in [-0.4, -0.2) is 45.8 Å². The molecule has 170 valence electrons. The van der Waals surface area contributed by atoms with Crippen LogP contribution in [0.25, 0.3) is 0 Å². The summed E-state index contributed by atoms with van der Waals surface area (Å²) in [5.74, 6) is 1.11. The number of aliphatic hydroxyl groups is 3. The van der Waals surface area contributed by atoms with Crippen LogP contribution in [0.1, 0.15) is 79.1 Å². The minimum Gasteiger partial charge on any atom is -0.393 e. The molecule has 1 unspecified atom stereocenters. The average Bonchev–Trinajstić information content (AvgIpc) is 3.00. The molecule has 0 aromatic carbocycles. The van der Waals surface area contributed by atoms with E-state index in [9.17, 15) is 15.3 Å². The lowest BCUT2D eigenvalue weighted by Gasteiger charge is -2.44. The van der Waals surface area contributed by atoms with Gasteiger partial charge in [0.05, 0.1) is 23.9 Å². The molecule has 3 fully saturated rings. The highest BCUT2D eigenvalue weighted by atomic mass is 16.5. The molecule has 0 radical (unpaired) electrons. The Kier molecular flexibility index (Phi) is 7.33. The van der Waals surface area contributed by atoms with E-state index in [0.717, 1.165) is 17.6 Å². The molecule has 0 aromatic heterocycles. The molecule has 3 rings (SSSR count). The lowest BCUT2D eigenvalue weighted by atomic mass is 9.62. The zero-order valence-corrected chi connectivity index (χ0v) is 19.4. The van der Waals surface area contributed by atoms with Gasteiger partial charge in [0.2, 0.25) is 0 Å². The fourth-order valence-corrected chi connectivity index (χ4v) is 6.13. The first-order chi connectivity index (χ1) is 14.0. The molecule has 3 aliphatic rings. The third-order valence-corrected chi connectivity index (χ3v) is 7.96. The molecule has 3 aliphatic carbocycles. The van der Waals surface area contributed by atoms with Crippen LogP contribution in [0.4, 0.5) is 0 Å². The van der Waals surface area contributed by atoms with E-state index < -0.39 is 17.8 Å². The maximum atomic E-state index is 10.1. The largest absolute Gasteiger partial charge is 0.393 e. The minimum absolute atomic E-state index is 0.198. The van der Waals surface area contributed by atoms with E-state index >= 15 is 0 Å². The summed E-state index contributed by atoms with van der Waals surface area (Å²) in [5, 5.41) is 30.1. The summed E-state index contributed by atoms with van der Waals surface area (Å²) in [6.07, 6.45) is 11.0. The molecular weight excluding hydrogens is 376 g/mol. The second-order valence-electron chi connectivity index (χ2n) is 10.8. The van der Waals surface area contributed by atoms with Gasteiger partial charge in [-0.2, -0.15) is 0 Å². The van der Waals surface area contributed by atoms with Crippen LogP contribution in [-0.2, 0) is 4.74 Å². The van der Waals surface area contributed by atoms with E-state index in [1.54, 1.807) is 0 Å². The van der Waals surface area contributed by atoms with Crippen LogP contribution in [0.2, 0.25) is 0 Å². The summed E-state index contributed by atoms with van der Waals surface area (Å²) in [6.45, 7) is 13.0. The van der Waals surface area contributed by atoms with Crippen LogP contribution in [0.3, 0.4) is 0 Å². The lowest BCUT2D eigenvalue weighted by Crippen LogP contribution is -2.39. The summed E-state index contributed by atoms with van der Waals surface area (Å²) < 4.78 is 6.19. The molecule has 6 atom stereocenters. The predicted octanol–water partition coefficient (Wildman–Crippen LogP) is 4.69. The Morgan fingerprint density at radius 3 is 2.70 bits per heavy atom. The topological polar surface area (TPSA) is 69.9 Å². The SMILES string of the molecule is C=C1/C(=C/C=C2/CCC[C@]3(C)[C@@H](C(C)OCCC(C)(C)O)CC[C@@H]23)C[C@@H](O)C[C@@H]1O. The van der Waals surface area contributed by atoms with Crippen molar-refractivity contribution in [2.75, 3.05) is 6.61 Å². The Balaban J connectivity index is 1.70. The van der Waals surface area contributed by atoms with Crippen LogP contribution in [0.15, 0.2) is 35.5 Å². The zero-order valence-electron chi connectivity index (χ0n) is 19.4. The quantitative estimate of drug-likeness (QED) is 0.585. The summed E-state index contributed by atoms with van der Waals surface area (Å²) >= 11 is 0. The summed E-state index contributed by atoms with van der Waals surface area (Å²) in [6, 6.07) is 0. The van der Waals surface area contributed by atoms with Gasteiger partial charge in [0.1, 0.15) is 0 Å². The number of hydrogen-bond donors (Lipinski definition) is 3. The first-order valence-corrected chi connectivity index (χ1v) is 11.8. The van der Waals surface area contributed by atoms with Gasteiger partial charge < -0.3 is 20.1 Å². The molecule has 4 heteroatoms. The highest BCUT2D eigenvalue weighted by molar-refractivity contribution is 5.38. The number of aliphatic hydroxyl groups excluding tert-OH is 2. The van der Waals surface area contributed by atoms with Gasteiger partial charge in [-0.1, -0.05) is 31.2 Å². The van der Waals surface area contributed by atoms with Crippen molar-refractivity contribution < 1.29 is 20.1 Å². The van der Waals surface area contributed by atoms with E-state index in [-0.39, 0.29) is 11.5 Å². The van der Waals surface area contributed by atoms with Gasteiger partial charge in [0, 0.05) is 13.0 Å². The maximum Gasteiger partial charge on any atom is 0.0811 e. The third kappa shape index (κ3) is 5.27. The molecule has 30 heavy (non-hydrogen) atoms. The average molecular weight is 419 g/mol. The number of allylic oxidation sites excluding steroid dienone is 3. The standard InChI is InChI=1S/C26H42O4/c1-17-20(15-21(27)16-24(17)28)9-8-19-7-6-12-26(5)22(10-11-23(19)26)18(2)30-14-13-25(3,4)29/h8-9,18,21-24,27-29H,1,6-7,10-16H2,2-5H3/b19-8-,20-9+/t18?,21-,22-,23+,24+,26-/m1/s1. The highest BCUT2D eigenvalue weighted by Crippen LogP contribution is 2.58. The molecule has 0 amide bonds. The molecule has 0 spiro atoms. The molecule has 3 saturated carbocycles. The fraction of sp³-hybridized carbons (Fsp3) is 0.769. The highest BCUT2D eigenvalue weighted by Gasteiger charge is 2.51. The second kappa shape index (κ2) is 9.28. The molecule has 0 aromatic rings. The Morgan fingerprint density at radius 2 is 2.00 bits per heavy atom. The molecule has 4 nitrogen and oxygen atoms in total. The van der Waals surface area contributed by atoms with Gasteiger partial charge in [-0.25, -0.2) is 0 Å². The van der Waals surface area contributed by atoms with Crippen LogP contribution >= 0.6 is 0 Å². The van der Waals surface area contributed by atoms with Crippen molar-refractivity contribution in [1.29, 1.82) is 0 Å². The van der Waals surface area contributed by atoms with Crippen LogP contribution in [0, 0.1) is 17.3 Å². The summed E-state index contributed by atoms with van der Waals surface area (Å²) in [5.41, 5.74) is 2.82. The lowest BCUT2D eigenvalue weighted by molar-refractivity contribution is -0.0454. The van der Waals surface area contributed by atoms with Crippen LogP contribution < -0.4 is 0 Å². The normalized spacial score (nSPS) is 38.8. The zero-order chi connectivity index (χ0) is 22.1. The van der Waals surface area contributed by atoms with Crippen LogP contribution in [0.5, 0.6) is 0 Å². The molecular formula is C26H42O4. The summed E-state index contributed by atoms with van der Waals surface area (Å²) in [7, 11) is 0. The first kappa shape index (κ1) is 23.7. The van der Waals surface area contributed by atoms with E-state index in [2.05, 4.69) is 32.6 Å². The monoisotopic (exact) mass is 418 g/mol. The maximum absolute atomic E-state index is 10.1. The number of rotatable bonds is 6. The van der Waals surface area contributed by atoms with E-state index in [1.807, 2.05) is 13.8 Å². The van der Waals surface area contributed by atoms with Crippen molar-refractivity contribution >= 4 is 0 Å². The predicted molar refractivity (Wildman–Crippen MR) is 121 cm³/mol. The Bertz CT molecular complexity index is 686. The van der Waals surface area contributed by atoms with E-state index in [0.29, 0.717) is 37.7 Å². The number of hydrogen-bond acceptors (Lipinski definition) is 4. The second-order valence-corrected chi connectivity index (χ2v) is 10.8. The van der Waals surface area contributed by atoms with Crippen molar-refractivity contribution in [2.24, 2.45) is 17.3 Å². The summed E-state index contributed by atoms with van der Waals surface area (Å²) in [4.78, 5) is 0. The molecule has 3 N–H and O–H groups in total. The Hall–Kier alpha value is -0.940. The number of ether oxygens (including phenoxy) is 1. The molecule has 0 heterocycles. The van der Waals surface area contributed by atoms with E-state index in [1.165, 1.54) is 31.3 Å². The van der Waals surface area contributed by atoms with Gasteiger partial charge in [-0.3, -0.25) is 0 Å². The van der Waals surface area contributed by atoms with Crippen molar-refractivity contribution in [3.63, 3.8) is 0 Å². The van der Waals surface area contributed by atoms with Gasteiger partial charge in [-0.05, 0) is 94.1 Å².